The molecule has 7 rings (SSSR count). The summed E-state index contributed by atoms with van der Waals surface area (Å²) in [5.74, 6) is -3.32. The Hall–Kier alpha value is -4.62. The van der Waals surface area contributed by atoms with Crippen molar-refractivity contribution in [1.29, 1.82) is 0 Å². The second-order valence-corrected chi connectivity index (χ2v) is 10.9. The molecule has 2 fully saturated rings. The van der Waals surface area contributed by atoms with Crippen LogP contribution in [-0.4, -0.2) is 81.8 Å². The van der Waals surface area contributed by atoms with Gasteiger partial charge in [0.05, 0.1) is 40.9 Å². The zero-order valence-electron chi connectivity index (χ0n) is 23.4. The highest BCUT2D eigenvalue weighted by molar-refractivity contribution is 6.18. The number of hydrogen-bond acceptors (Lipinski definition) is 8. The largest absolute Gasteiger partial charge is 0.477 e. The third kappa shape index (κ3) is 4.46. The van der Waals surface area contributed by atoms with Crippen LogP contribution in [-0.2, 0) is 11.3 Å². The van der Waals surface area contributed by atoms with Gasteiger partial charge in [-0.2, -0.15) is 0 Å². The first kappa shape index (κ1) is 27.2. The number of nitrogens with one attached hydrogen (secondary N) is 2. The fourth-order valence-electron chi connectivity index (χ4n) is 6.29. The number of benzene rings is 1. The van der Waals surface area contributed by atoms with Crippen molar-refractivity contribution in [3.8, 4) is 11.1 Å². The van der Waals surface area contributed by atoms with E-state index in [2.05, 4.69) is 30.1 Å². The van der Waals surface area contributed by atoms with E-state index in [0.717, 1.165) is 30.7 Å². The summed E-state index contributed by atoms with van der Waals surface area (Å²) in [4.78, 5) is 41.8. The summed E-state index contributed by atoms with van der Waals surface area (Å²) in [5, 5.41) is 13.1. The van der Waals surface area contributed by atoms with Gasteiger partial charge in [0, 0.05) is 81.1 Å². The van der Waals surface area contributed by atoms with Crippen LogP contribution >= 0.6 is 0 Å². The Morgan fingerprint density at radius 1 is 1.09 bits per heavy atom. The number of pyridine rings is 2. The number of aromatic amines is 1. The van der Waals surface area contributed by atoms with Gasteiger partial charge in [-0.15, -0.1) is 0 Å². The molecule has 0 atom stereocenters. The van der Waals surface area contributed by atoms with Gasteiger partial charge in [0.25, 0.3) is 5.56 Å². The van der Waals surface area contributed by atoms with Crippen LogP contribution in [0.3, 0.4) is 0 Å². The number of nitrogens with zero attached hydrogens (tertiary/aromatic N) is 5. The molecule has 2 aliphatic heterocycles. The summed E-state index contributed by atoms with van der Waals surface area (Å²) in [6.07, 6.45) is 6.17. The number of rotatable bonds is 6. The summed E-state index contributed by atoms with van der Waals surface area (Å²) in [6, 6.07) is 3.04. The number of H-pyrrole nitrogens is 1. The maximum Gasteiger partial charge on any atom is 0.342 e. The lowest BCUT2D eigenvalue weighted by molar-refractivity contribution is 0.0343. The molecule has 0 saturated carbocycles. The standard InChI is InChI=1S/C30H29F2N7O4/c1-33-21-11-20(31)24(32)22-23-26(38-4-2-3-5-38)18(12-34-27(23)36-25(21)22)16-10-17(14-37-6-8-43-9-7-37)28-35-13-19(30(41)42)29(40)39(28)15-16/h10-13,15,33H,2-9,14H2,1H3,(H,34,36)(H,41,42). The van der Waals surface area contributed by atoms with Crippen molar-refractivity contribution in [2.45, 2.75) is 19.4 Å². The van der Waals surface area contributed by atoms with Crippen molar-refractivity contribution in [1.82, 2.24) is 24.3 Å². The molecule has 4 aromatic heterocycles. The first-order valence-corrected chi connectivity index (χ1v) is 14.2. The summed E-state index contributed by atoms with van der Waals surface area (Å²) in [6.45, 7) is 4.38. The number of carboxylic acids is 1. The maximum absolute atomic E-state index is 15.6. The van der Waals surface area contributed by atoms with Crippen LogP contribution in [0.2, 0.25) is 0 Å². The number of carboxylic acid groups (broad SMARTS) is 1. The number of aromatic carboxylic acids is 1. The number of ether oxygens (including phenoxy) is 1. The third-order valence-corrected chi connectivity index (χ3v) is 8.37. The van der Waals surface area contributed by atoms with Gasteiger partial charge in [0.2, 0.25) is 0 Å². The molecule has 2 saturated heterocycles. The molecule has 0 spiro atoms. The Morgan fingerprint density at radius 3 is 2.58 bits per heavy atom. The minimum atomic E-state index is -1.37. The Kier molecular flexibility index (Phi) is 6.70. The molecule has 6 heterocycles. The molecule has 0 radical (unpaired) electrons. The van der Waals surface area contributed by atoms with Crippen LogP contribution in [0.4, 0.5) is 20.2 Å². The van der Waals surface area contributed by atoms with E-state index in [1.165, 1.54) is 4.40 Å². The zero-order valence-corrected chi connectivity index (χ0v) is 23.4. The minimum absolute atomic E-state index is 0.0944. The van der Waals surface area contributed by atoms with Crippen molar-refractivity contribution >= 4 is 44.9 Å². The van der Waals surface area contributed by atoms with E-state index in [0.29, 0.717) is 90.6 Å². The van der Waals surface area contributed by atoms with Gasteiger partial charge in [-0.25, -0.2) is 23.5 Å². The molecule has 0 aliphatic carbocycles. The first-order chi connectivity index (χ1) is 20.9. The van der Waals surface area contributed by atoms with Crippen LogP contribution in [0.1, 0.15) is 28.8 Å². The van der Waals surface area contributed by atoms with Crippen molar-refractivity contribution in [3.63, 3.8) is 0 Å². The SMILES string of the molecule is CNc1cc(F)c(F)c2c1[nH]c1ncc(-c3cc(CN4CCOCC4)c4ncc(C(=O)O)c(=O)n4c3)c(N3CCCC3)c12. The van der Waals surface area contributed by atoms with Crippen LogP contribution < -0.4 is 15.8 Å². The van der Waals surface area contributed by atoms with E-state index in [1.54, 1.807) is 19.4 Å². The van der Waals surface area contributed by atoms with Crippen molar-refractivity contribution in [2.75, 3.05) is 56.7 Å². The van der Waals surface area contributed by atoms with Gasteiger partial charge in [-0.1, -0.05) is 0 Å². The topological polar surface area (TPSA) is 128 Å². The molecule has 1 aromatic carbocycles. The first-order valence-electron chi connectivity index (χ1n) is 14.2. The normalized spacial score (nSPS) is 16.1. The number of fused-ring (bicyclic) bond motifs is 4. The summed E-state index contributed by atoms with van der Waals surface area (Å²) >= 11 is 0. The van der Waals surface area contributed by atoms with E-state index in [-0.39, 0.29) is 5.39 Å². The molecule has 222 valence electrons. The number of halogens is 2. The van der Waals surface area contributed by atoms with E-state index in [4.69, 9.17) is 4.74 Å². The predicted molar refractivity (Wildman–Crippen MR) is 158 cm³/mol. The second kappa shape index (κ2) is 10.6. The maximum atomic E-state index is 15.6. The minimum Gasteiger partial charge on any atom is -0.477 e. The van der Waals surface area contributed by atoms with Crippen molar-refractivity contribution < 1.29 is 23.4 Å². The number of morpholine rings is 1. The van der Waals surface area contributed by atoms with E-state index in [1.807, 2.05) is 6.07 Å². The molecular weight excluding hydrogens is 560 g/mol. The molecule has 0 bridgehead atoms. The van der Waals surface area contributed by atoms with E-state index < -0.39 is 28.7 Å². The average Bonchev–Trinajstić information content (AvgIpc) is 3.68. The quantitative estimate of drug-likeness (QED) is 0.271. The van der Waals surface area contributed by atoms with Gasteiger partial charge in [-0.3, -0.25) is 14.1 Å². The summed E-state index contributed by atoms with van der Waals surface area (Å²) in [5.41, 5.74) is 2.98. The molecule has 0 unspecified atom stereocenters. The molecule has 5 aromatic rings. The number of anilines is 2. The lowest BCUT2D eigenvalue weighted by atomic mass is 10.0. The summed E-state index contributed by atoms with van der Waals surface area (Å²) < 4.78 is 37.2. The molecule has 2 aliphatic rings. The molecule has 0 amide bonds. The highest BCUT2D eigenvalue weighted by Gasteiger charge is 2.27. The Morgan fingerprint density at radius 2 is 1.86 bits per heavy atom. The van der Waals surface area contributed by atoms with E-state index >= 15 is 4.39 Å². The Bertz CT molecular complexity index is 1980. The van der Waals surface area contributed by atoms with Crippen molar-refractivity contribution in [2.24, 2.45) is 0 Å². The third-order valence-electron chi connectivity index (χ3n) is 8.37. The Balaban J connectivity index is 1.54. The predicted octanol–water partition coefficient (Wildman–Crippen LogP) is 3.84. The van der Waals surface area contributed by atoms with Crippen LogP contribution in [0.25, 0.3) is 38.7 Å². The molecular formula is C30H29F2N7O4. The van der Waals surface area contributed by atoms with Gasteiger partial charge in [0.15, 0.2) is 11.6 Å². The van der Waals surface area contributed by atoms with Gasteiger partial charge in [-0.05, 0) is 18.9 Å². The van der Waals surface area contributed by atoms with Crippen LogP contribution in [0.15, 0.2) is 35.5 Å². The van der Waals surface area contributed by atoms with Crippen molar-refractivity contribution in [3.05, 3.63) is 63.8 Å². The molecule has 11 nitrogen and oxygen atoms in total. The molecule has 3 N–H and O–H groups in total. The Labute approximate surface area is 243 Å². The zero-order chi connectivity index (χ0) is 29.8. The van der Waals surface area contributed by atoms with Crippen LogP contribution in [0, 0.1) is 11.6 Å². The number of aromatic nitrogens is 4. The number of carbonyl (C=O) groups is 1. The van der Waals surface area contributed by atoms with Gasteiger partial charge >= 0.3 is 5.97 Å². The highest BCUT2D eigenvalue weighted by Crippen LogP contribution is 2.44. The van der Waals surface area contributed by atoms with Crippen LogP contribution in [0.5, 0.6) is 0 Å². The summed E-state index contributed by atoms with van der Waals surface area (Å²) in [7, 11) is 1.64. The van der Waals surface area contributed by atoms with Gasteiger partial charge < -0.3 is 25.0 Å². The highest BCUT2D eigenvalue weighted by atomic mass is 19.2. The fourth-order valence-corrected chi connectivity index (χ4v) is 6.29. The van der Waals surface area contributed by atoms with E-state index in [9.17, 15) is 19.1 Å². The number of hydrogen-bond donors (Lipinski definition) is 3. The molecule has 43 heavy (non-hydrogen) atoms. The molecule has 13 heteroatoms. The fraction of sp³-hybridized carbons (Fsp3) is 0.333. The smallest absolute Gasteiger partial charge is 0.342 e. The second-order valence-electron chi connectivity index (χ2n) is 10.9. The monoisotopic (exact) mass is 589 g/mol. The lowest BCUT2D eigenvalue weighted by Gasteiger charge is -2.27. The lowest BCUT2D eigenvalue weighted by Crippen LogP contribution is -2.36. The average molecular weight is 590 g/mol. The van der Waals surface area contributed by atoms with Gasteiger partial charge in [0.1, 0.15) is 16.9 Å².